The van der Waals surface area contributed by atoms with Crippen molar-refractivity contribution < 1.29 is 14.4 Å². The highest BCUT2D eigenvalue weighted by molar-refractivity contribution is 5.63. The van der Waals surface area contributed by atoms with E-state index in [1.54, 1.807) is 17.0 Å². The van der Waals surface area contributed by atoms with E-state index in [4.69, 9.17) is 0 Å². The molecule has 1 aromatic carbocycles. The molecule has 8 heteroatoms. The number of aromatic nitrogens is 2. The zero-order valence-electron chi connectivity index (χ0n) is 13.3. The first-order valence-electron chi connectivity index (χ1n) is 7.81. The predicted octanol–water partition coefficient (Wildman–Crippen LogP) is 2.42. The summed E-state index contributed by atoms with van der Waals surface area (Å²) in [6.45, 7) is 1.14. The number of nitro benzene ring substituents is 1. The van der Waals surface area contributed by atoms with Gasteiger partial charge in [-0.3, -0.25) is 10.1 Å². The molecule has 0 radical (unpaired) electrons. The zero-order chi connectivity index (χ0) is 17.3. The van der Waals surface area contributed by atoms with E-state index in [2.05, 4.69) is 4.98 Å². The topological polar surface area (TPSA) is 84.4 Å². The number of nitro groups is 1. The highest BCUT2D eigenvalue weighted by atomic mass is 19.1. The van der Waals surface area contributed by atoms with E-state index in [0.717, 1.165) is 6.07 Å². The highest BCUT2D eigenvalue weighted by Gasteiger charge is 2.30. The monoisotopic (exact) mass is 334 g/mol. The summed E-state index contributed by atoms with van der Waals surface area (Å²) in [6.07, 6.45) is 4.14. The Morgan fingerprint density at radius 1 is 1.42 bits per heavy atom. The predicted molar refractivity (Wildman–Crippen MR) is 86.2 cm³/mol. The van der Waals surface area contributed by atoms with Crippen LogP contribution in [0.3, 0.4) is 0 Å². The number of nitrogens with zero attached hydrogens (tertiary/aromatic N) is 4. The van der Waals surface area contributed by atoms with Crippen molar-refractivity contribution in [1.82, 2.24) is 9.55 Å². The molecule has 0 spiro atoms. The minimum Gasteiger partial charge on any atom is -0.385 e. The van der Waals surface area contributed by atoms with Crippen LogP contribution in [0.15, 0.2) is 30.6 Å². The fourth-order valence-electron chi connectivity index (χ4n) is 3.24. The van der Waals surface area contributed by atoms with Gasteiger partial charge in [0, 0.05) is 32.5 Å². The molecule has 1 aliphatic rings. The molecular weight excluding hydrogens is 315 g/mol. The lowest BCUT2D eigenvalue weighted by atomic mass is 9.90. The van der Waals surface area contributed by atoms with Crippen molar-refractivity contribution in [2.45, 2.75) is 18.9 Å². The normalized spacial score (nSPS) is 17.0. The maximum atomic E-state index is 13.3. The van der Waals surface area contributed by atoms with Crippen LogP contribution in [0.25, 0.3) is 0 Å². The minimum atomic E-state index is -0.657. The van der Waals surface area contributed by atoms with E-state index in [0.29, 0.717) is 37.4 Å². The summed E-state index contributed by atoms with van der Waals surface area (Å²) < 4.78 is 15.1. The smallest absolute Gasteiger partial charge is 0.295 e. The lowest BCUT2D eigenvalue weighted by Gasteiger charge is -2.35. The van der Waals surface area contributed by atoms with E-state index < -0.39 is 16.8 Å². The van der Waals surface area contributed by atoms with E-state index in [1.165, 1.54) is 12.1 Å². The molecule has 2 aromatic rings. The molecule has 0 amide bonds. The third kappa shape index (κ3) is 3.09. The van der Waals surface area contributed by atoms with E-state index in [1.807, 2.05) is 11.9 Å². The lowest BCUT2D eigenvalue weighted by molar-refractivity contribution is -0.384. The summed E-state index contributed by atoms with van der Waals surface area (Å²) in [5, 5.41) is 21.6. The molecule has 3 rings (SSSR count). The van der Waals surface area contributed by atoms with Crippen LogP contribution in [0.1, 0.15) is 24.8 Å². The molecule has 7 nitrogen and oxygen atoms in total. The average molecular weight is 334 g/mol. The first-order valence-corrected chi connectivity index (χ1v) is 7.81. The average Bonchev–Trinajstić information content (AvgIpc) is 3.00. The summed E-state index contributed by atoms with van der Waals surface area (Å²) in [4.78, 5) is 16.6. The molecule has 2 heterocycles. The number of hydrogen-bond donors (Lipinski definition) is 1. The standard InChI is InChI=1S/C16H19FN4O3/c1-19-9-6-18-16(19)15(22)11-4-7-20(8-5-11)13-3-2-12(17)10-14(13)21(23)24/h2-3,6,9-11,15,22H,4-5,7-8H2,1H3. The Hall–Kier alpha value is -2.48. The highest BCUT2D eigenvalue weighted by Crippen LogP contribution is 2.35. The van der Waals surface area contributed by atoms with Gasteiger partial charge >= 0.3 is 0 Å². The molecule has 1 atom stereocenters. The summed E-state index contributed by atoms with van der Waals surface area (Å²) in [7, 11) is 1.84. The number of benzene rings is 1. The van der Waals surface area contributed by atoms with Gasteiger partial charge in [-0.2, -0.15) is 0 Å². The van der Waals surface area contributed by atoms with Crippen molar-refractivity contribution in [3.8, 4) is 0 Å². The maximum absolute atomic E-state index is 13.3. The van der Waals surface area contributed by atoms with Crippen LogP contribution in [0.4, 0.5) is 15.8 Å². The van der Waals surface area contributed by atoms with Gasteiger partial charge in [-0.1, -0.05) is 0 Å². The summed E-state index contributed by atoms with van der Waals surface area (Å²) in [5.41, 5.74) is 0.199. The van der Waals surface area contributed by atoms with Gasteiger partial charge in [0.2, 0.25) is 0 Å². The van der Waals surface area contributed by atoms with Crippen LogP contribution < -0.4 is 4.90 Å². The maximum Gasteiger partial charge on any atom is 0.295 e. The number of aryl methyl sites for hydroxylation is 1. The minimum absolute atomic E-state index is 0.0434. The molecule has 1 unspecified atom stereocenters. The molecular formula is C16H19FN4O3. The SMILES string of the molecule is Cn1ccnc1C(O)C1CCN(c2ccc(F)cc2[N+](=O)[O-])CC1. The van der Waals surface area contributed by atoms with E-state index in [-0.39, 0.29) is 11.6 Å². The number of halogens is 1. The van der Waals surface area contributed by atoms with Crippen LogP contribution in [-0.2, 0) is 7.05 Å². The van der Waals surface area contributed by atoms with Gasteiger partial charge in [0.05, 0.1) is 11.0 Å². The van der Waals surface area contributed by atoms with Crippen LogP contribution >= 0.6 is 0 Å². The number of aliphatic hydroxyl groups is 1. The summed E-state index contributed by atoms with van der Waals surface area (Å²) in [6, 6.07) is 3.63. The zero-order valence-corrected chi connectivity index (χ0v) is 13.3. The Morgan fingerprint density at radius 3 is 2.71 bits per heavy atom. The van der Waals surface area contributed by atoms with Crippen LogP contribution in [-0.4, -0.2) is 32.7 Å². The van der Waals surface area contributed by atoms with Crippen molar-refractivity contribution in [3.05, 3.63) is 52.3 Å². The second-order valence-electron chi connectivity index (χ2n) is 6.06. The summed E-state index contributed by atoms with van der Waals surface area (Å²) in [5.74, 6) is 0.0496. The molecule has 1 aliphatic heterocycles. The Kier molecular flexibility index (Phi) is 4.48. The molecule has 0 aliphatic carbocycles. The second kappa shape index (κ2) is 6.56. The molecule has 1 N–H and O–H groups in total. The largest absolute Gasteiger partial charge is 0.385 e. The Morgan fingerprint density at radius 2 is 2.12 bits per heavy atom. The van der Waals surface area contributed by atoms with Gasteiger partial charge in [0.1, 0.15) is 23.4 Å². The molecule has 0 bridgehead atoms. The lowest BCUT2D eigenvalue weighted by Crippen LogP contribution is -2.36. The number of rotatable bonds is 4. The van der Waals surface area contributed by atoms with Crippen molar-refractivity contribution in [1.29, 1.82) is 0 Å². The Labute approximate surface area is 138 Å². The van der Waals surface area contributed by atoms with E-state index >= 15 is 0 Å². The fourth-order valence-corrected chi connectivity index (χ4v) is 3.24. The Bertz CT molecular complexity index is 741. The first-order chi connectivity index (χ1) is 11.5. The molecule has 1 fully saturated rings. The van der Waals surface area contributed by atoms with Crippen LogP contribution in [0, 0.1) is 21.8 Å². The van der Waals surface area contributed by atoms with Crippen LogP contribution in [0.2, 0.25) is 0 Å². The quantitative estimate of drug-likeness (QED) is 0.686. The number of imidazole rings is 1. The molecule has 0 saturated carbocycles. The second-order valence-corrected chi connectivity index (χ2v) is 6.06. The van der Waals surface area contributed by atoms with Crippen molar-refractivity contribution >= 4 is 11.4 Å². The molecule has 128 valence electrons. The first kappa shape index (κ1) is 16.4. The number of anilines is 1. The van der Waals surface area contributed by atoms with Gasteiger partial charge < -0.3 is 14.6 Å². The van der Waals surface area contributed by atoms with Gasteiger partial charge in [-0.05, 0) is 30.9 Å². The third-order valence-corrected chi connectivity index (χ3v) is 4.58. The van der Waals surface area contributed by atoms with E-state index in [9.17, 15) is 19.6 Å². The van der Waals surface area contributed by atoms with Crippen molar-refractivity contribution in [3.63, 3.8) is 0 Å². The fraction of sp³-hybridized carbons (Fsp3) is 0.438. The molecule has 24 heavy (non-hydrogen) atoms. The van der Waals surface area contributed by atoms with Crippen molar-refractivity contribution in [2.75, 3.05) is 18.0 Å². The van der Waals surface area contributed by atoms with Gasteiger partial charge in [0.15, 0.2) is 0 Å². The molecule has 1 aromatic heterocycles. The Balaban J connectivity index is 1.72. The van der Waals surface area contributed by atoms with Gasteiger partial charge in [-0.15, -0.1) is 0 Å². The number of hydrogen-bond acceptors (Lipinski definition) is 5. The van der Waals surface area contributed by atoms with Crippen LogP contribution in [0.5, 0.6) is 0 Å². The number of aliphatic hydroxyl groups excluding tert-OH is 1. The van der Waals surface area contributed by atoms with Gasteiger partial charge in [-0.25, -0.2) is 9.37 Å². The summed E-state index contributed by atoms with van der Waals surface area (Å²) >= 11 is 0. The van der Waals surface area contributed by atoms with Crippen molar-refractivity contribution in [2.24, 2.45) is 13.0 Å². The third-order valence-electron chi connectivity index (χ3n) is 4.58. The van der Waals surface area contributed by atoms with Gasteiger partial charge in [0.25, 0.3) is 5.69 Å². The number of piperidine rings is 1. The molecule has 1 saturated heterocycles.